The normalized spacial score (nSPS) is 17.7. The van der Waals surface area contributed by atoms with Crippen LogP contribution in [0.1, 0.15) is 24.1 Å². The van der Waals surface area contributed by atoms with Gasteiger partial charge in [-0.25, -0.2) is 4.39 Å². The van der Waals surface area contributed by atoms with Gasteiger partial charge < -0.3 is 15.0 Å². The Kier molecular flexibility index (Phi) is 6.79. The second kappa shape index (κ2) is 9.59. The fraction of sp³-hybridized carbons (Fsp3) is 0.167. The van der Waals surface area contributed by atoms with Crippen LogP contribution in [0.2, 0.25) is 15.1 Å². The largest absolute Gasteiger partial charge is 0.479 e. The first-order valence-electron chi connectivity index (χ1n) is 10.0. The van der Waals surface area contributed by atoms with E-state index in [-0.39, 0.29) is 32.9 Å². The lowest BCUT2D eigenvalue weighted by atomic mass is 10.0. The van der Waals surface area contributed by atoms with Gasteiger partial charge >= 0.3 is 0 Å². The fourth-order valence-electron chi connectivity index (χ4n) is 3.68. The predicted octanol–water partition coefficient (Wildman–Crippen LogP) is 6.28. The third-order valence-corrected chi connectivity index (χ3v) is 5.95. The van der Waals surface area contributed by atoms with E-state index in [1.54, 1.807) is 31.2 Å². The first-order chi connectivity index (χ1) is 15.7. The minimum absolute atomic E-state index is 0.161. The molecule has 0 radical (unpaired) electrons. The van der Waals surface area contributed by atoms with E-state index in [4.69, 9.17) is 39.5 Å². The number of halogens is 4. The number of nitrogens with zero attached hydrogens (tertiary/aromatic N) is 1. The average molecular weight is 508 g/mol. The van der Waals surface area contributed by atoms with Crippen molar-refractivity contribution in [2.75, 3.05) is 5.32 Å². The van der Waals surface area contributed by atoms with Gasteiger partial charge in [0.15, 0.2) is 6.10 Å². The second-order valence-corrected chi connectivity index (χ2v) is 8.81. The molecule has 0 bridgehead atoms. The molecule has 1 heterocycles. The summed E-state index contributed by atoms with van der Waals surface area (Å²) < 4.78 is 20.5. The van der Waals surface area contributed by atoms with Gasteiger partial charge in [-0.1, -0.05) is 59.1 Å². The van der Waals surface area contributed by atoms with Crippen LogP contribution in [0.15, 0.2) is 60.7 Å². The molecule has 5 nitrogen and oxygen atoms in total. The van der Waals surface area contributed by atoms with E-state index in [2.05, 4.69) is 5.32 Å². The van der Waals surface area contributed by atoms with Crippen LogP contribution in [0.3, 0.4) is 0 Å². The van der Waals surface area contributed by atoms with Crippen LogP contribution in [-0.4, -0.2) is 22.8 Å². The van der Waals surface area contributed by atoms with Gasteiger partial charge in [-0.05, 0) is 43.3 Å². The fourth-order valence-corrected chi connectivity index (χ4v) is 4.39. The summed E-state index contributed by atoms with van der Waals surface area (Å²) in [4.78, 5) is 28.1. The molecule has 3 aromatic carbocycles. The first-order valence-corrected chi connectivity index (χ1v) is 11.1. The Balaban J connectivity index is 1.84. The number of para-hydroxylation sites is 1. The van der Waals surface area contributed by atoms with Crippen molar-refractivity contribution < 1.29 is 18.7 Å². The Morgan fingerprint density at radius 1 is 1.06 bits per heavy atom. The standard InChI is InChI=1S/C24H18Cl3FN2O3/c1-13-24(32)30(12-14-7-8-15(25)11-20(14)28)21(23(31)29-17-5-3-2-4-6-17)18-9-16(26)10-19(27)22(18)33-13/h2-11,13,21H,12H2,1H3,(H,29,31). The third-order valence-electron chi connectivity index (χ3n) is 5.21. The van der Waals surface area contributed by atoms with Crippen LogP contribution in [0.4, 0.5) is 10.1 Å². The van der Waals surface area contributed by atoms with Gasteiger partial charge in [0.05, 0.1) is 5.02 Å². The average Bonchev–Trinajstić information content (AvgIpc) is 2.86. The van der Waals surface area contributed by atoms with Gasteiger partial charge in [-0.3, -0.25) is 9.59 Å². The highest BCUT2D eigenvalue weighted by molar-refractivity contribution is 6.36. The molecule has 2 unspecified atom stereocenters. The maximum absolute atomic E-state index is 14.6. The van der Waals surface area contributed by atoms with Crippen molar-refractivity contribution in [3.05, 3.63) is 92.7 Å². The lowest BCUT2D eigenvalue weighted by molar-refractivity contribution is -0.143. The maximum atomic E-state index is 14.6. The van der Waals surface area contributed by atoms with Gasteiger partial charge in [0.2, 0.25) is 0 Å². The van der Waals surface area contributed by atoms with Crippen molar-refractivity contribution in [2.24, 2.45) is 0 Å². The molecule has 9 heteroatoms. The number of anilines is 1. The Morgan fingerprint density at radius 3 is 2.48 bits per heavy atom. The Morgan fingerprint density at radius 2 is 1.79 bits per heavy atom. The van der Waals surface area contributed by atoms with Crippen molar-refractivity contribution >= 4 is 52.3 Å². The Labute approximate surface area is 205 Å². The summed E-state index contributed by atoms with van der Waals surface area (Å²) in [5, 5.41) is 3.45. The molecule has 0 spiro atoms. The highest BCUT2D eigenvalue weighted by atomic mass is 35.5. The lowest BCUT2D eigenvalue weighted by Crippen LogP contribution is -2.44. The van der Waals surface area contributed by atoms with E-state index in [1.807, 2.05) is 6.07 Å². The first kappa shape index (κ1) is 23.4. The topological polar surface area (TPSA) is 58.6 Å². The van der Waals surface area contributed by atoms with Crippen molar-refractivity contribution in [1.29, 1.82) is 0 Å². The summed E-state index contributed by atoms with van der Waals surface area (Å²) in [6.45, 7) is 1.34. The summed E-state index contributed by atoms with van der Waals surface area (Å²) in [6, 6.07) is 14.7. The molecule has 3 aromatic rings. The van der Waals surface area contributed by atoms with Crippen LogP contribution in [0.25, 0.3) is 0 Å². The summed E-state index contributed by atoms with van der Waals surface area (Å²) in [7, 11) is 0. The van der Waals surface area contributed by atoms with Crippen molar-refractivity contribution in [2.45, 2.75) is 25.6 Å². The number of hydrogen-bond donors (Lipinski definition) is 1. The van der Waals surface area contributed by atoms with Crippen LogP contribution in [0.5, 0.6) is 5.75 Å². The molecule has 1 aliphatic rings. The summed E-state index contributed by atoms with van der Waals surface area (Å²) in [6.07, 6.45) is -0.979. The maximum Gasteiger partial charge on any atom is 0.264 e. The van der Waals surface area contributed by atoms with Crippen LogP contribution in [0, 0.1) is 5.82 Å². The second-order valence-electron chi connectivity index (χ2n) is 7.53. The lowest BCUT2D eigenvalue weighted by Gasteiger charge is -2.30. The van der Waals surface area contributed by atoms with E-state index in [0.717, 1.165) is 6.07 Å². The molecule has 4 rings (SSSR count). The van der Waals surface area contributed by atoms with E-state index in [0.29, 0.717) is 11.3 Å². The highest BCUT2D eigenvalue weighted by Crippen LogP contribution is 2.42. The molecule has 0 aliphatic carbocycles. The highest BCUT2D eigenvalue weighted by Gasteiger charge is 2.40. The minimum atomic E-state index is -1.19. The van der Waals surface area contributed by atoms with Gasteiger partial charge in [0.25, 0.3) is 11.8 Å². The smallest absolute Gasteiger partial charge is 0.264 e. The molecule has 2 amide bonds. The Hall–Kier alpha value is -2.80. The van der Waals surface area contributed by atoms with Gasteiger partial charge in [0, 0.05) is 33.4 Å². The summed E-state index contributed by atoms with van der Waals surface area (Å²) in [5.74, 6) is -1.46. The van der Waals surface area contributed by atoms with E-state index in [1.165, 1.54) is 29.2 Å². The van der Waals surface area contributed by atoms with E-state index in [9.17, 15) is 14.0 Å². The van der Waals surface area contributed by atoms with Gasteiger partial charge in [-0.15, -0.1) is 0 Å². The molecule has 1 N–H and O–H groups in total. The van der Waals surface area contributed by atoms with Crippen LogP contribution < -0.4 is 10.1 Å². The third kappa shape index (κ3) is 4.93. The van der Waals surface area contributed by atoms with Crippen molar-refractivity contribution in [1.82, 2.24) is 4.90 Å². The molecule has 33 heavy (non-hydrogen) atoms. The molecule has 0 saturated carbocycles. The number of ether oxygens (including phenoxy) is 1. The number of hydrogen-bond acceptors (Lipinski definition) is 3. The molecule has 2 atom stereocenters. The SMILES string of the molecule is CC1Oc2c(Cl)cc(Cl)cc2C(C(=O)Nc2ccccc2)N(Cc2ccc(Cl)cc2F)C1=O. The number of carbonyl (C=O) groups is 2. The quantitative estimate of drug-likeness (QED) is 0.452. The number of fused-ring (bicyclic) bond motifs is 1. The zero-order chi connectivity index (χ0) is 23.7. The minimum Gasteiger partial charge on any atom is -0.479 e. The number of benzene rings is 3. The molecule has 0 fully saturated rings. The monoisotopic (exact) mass is 506 g/mol. The number of nitrogens with one attached hydrogen (secondary N) is 1. The number of amides is 2. The predicted molar refractivity (Wildman–Crippen MR) is 126 cm³/mol. The number of rotatable bonds is 4. The van der Waals surface area contributed by atoms with E-state index >= 15 is 0 Å². The summed E-state index contributed by atoms with van der Waals surface area (Å²) in [5.41, 5.74) is 1.02. The molecular weight excluding hydrogens is 490 g/mol. The van der Waals surface area contributed by atoms with Crippen LogP contribution in [-0.2, 0) is 16.1 Å². The molecule has 0 saturated heterocycles. The Bertz CT molecular complexity index is 1220. The molecule has 170 valence electrons. The molecule has 0 aromatic heterocycles. The van der Waals surface area contributed by atoms with Gasteiger partial charge in [0.1, 0.15) is 17.6 Å². The van der Waals surface area contributed by atoms with Gasteiger partial charge in [-0.2, -0.15) is 0 Å². The zero-order valence-electron chi connectivity index (χ0n) is 17.3. The van der Waals surface area contributed by atoms with Crippen LogP contribution >= 0.6 is 34.8 Å². The number of carbonyl (C=O) groups excluding carboxylic acids is 2. The van der Waals surface area contributed by atoms with Crippen molar-refractivity contribution in [3.63, 3.8) is 0 Å². The molecular formula is C24H18Cl3FN2O3. The van der Waals surface area contributed by atoms with Crippen molar-refractivity contribution in [3.8, 4) is 5.75 Å². The zero-order valence-corrected chi connectivity index (χ0v) is 19.6. The molecule has 1 aliphatic heterocycles. The van der Waals surface area contributed by atoms with E-state index < -0.39 is 29.8 Å². The summed E-state index contributed by atoms with van der Waals surface area (Å²) >= 11 is 18.5.